The maximum Gasteiger partial charge on any atom is 0.261 e. The van der Waals surface area contributed by atoms with E-state index in [1.54, 1.807) is 24.3 Å². The molecular formula is C21H26N2O4S. The lowest BCUT2D eigenvalue weighted by Gasteiger charge is -2.26. The van der Waals surface area contributed by atoms with Crippen LogP contribution in [-0.4, -0.2) is 38.9 Å². The van der Waals surface area contributed by atoms with Crippen LogP contribution in [0.2, 0.25) is 0 Å². The normalized spacial score (nSPS) is 14.6. The molecule has 3 rings (SSSR count). The Hall–Kier alpha value is -2.54. The van der Waals surface area contributed by atoms with E-state index in [0.717, 1.165) is 43.5 Å². The van der Waals surface area contributed by atoms with E-state index in [4.69, 9.17) is 4.74 Å². The average molecular weight is 403 g/mol. The fraction of sp³-hybridized carbons (Fsp3) is 0.381. The minimum absolute atomic E-state index is 0.0344. The lowest BCUT2D eigenvalue weighted by molar-refractivity contribution is -0.134. The average Bonchev–Trinajstić information content (AvgIpc) is 2.66. The number of hydrogen-bond acceptors (Lipinski definition) is 4. The highest BCUT2D eigenvalue weighted by molar-refractivity contribution is 7.92. The van der Waals surface area contributed by atoms with Crippen molar-refractivity contribution in [2.45, 2.75) is 38.0 Å². The predicted octanol–water partition coefficient (Wildman–Crippen LogP) is 3.50. The summed E-state index contributed by atoms with van der Waals surface area (Å²) >= 11 is 0. The monoisotopic (exact) mass is 402 g/mol. The van der Waals surface area contributed by atoms with E-state index in [2.05, 4.69) is 4.72 Å². The summed E-state index contributed by atoms with van der Waals surface area (Å²) in [5, 5.41) is 0. The summed E-state index contributed by atoms with van der Waals surface area (Å²) in [5.74, 6) is 0.434. The van der Waals surface area contributed by atoms with Gasteiger partial charge in [0.15, 0.2) is 6.61 Å². The molecule has 1 heterocycles. The molecule has 1 aliphatic heterocycles. The molecule has 28 heavy (non-hydrogen) atoms. The summed E-state index contributed by atoms with van der Waals surface area (Å²) in [6, 6.07) is 11.6. The Balaban J connectivity index is 1.61. The molecule has 1 fully saturated rings. The van der Waals surface area contributed by atoms with E-state index >= 15 is 0 Å². The summed E-state index contributed by atoms with van der Waals surface area (Å²) < 4.78 is 33.3. The zero-order valence-electron chi connectivity index (χ0n) is 16.3. The molecule has 1 N–H and O–H groups in total. The van der Waals surface area contributed by atoms with Gasteiger partial charge in [0.05, 0.1) is 4.90 Å². The number of aryl methyl sites for hydroxylation is 2. The number of nitrogens with zero attached hydrogens (tertiary/aromatic N) is 1. The molecule has 0 unspecified atom stereocenters. The molecule has 7 heteroatoms. The second kappa shape index (κ2) is 8.65. The third-order valence-corrected chi connectivity index (χ3v) is 6.08. The Kier molecular flexibility index (Phi) is 6.24. The SMILES string of the molecule is Cc1cc(C)cc(NS(=O)(=O)c2ccc(OCC(=O)N3CCCCC3)cc2)c1. The number of rotatable bonds is 6. The molecule has 1 aliphatic rings. The number of piperidine rings is 1. The molecule has 0 saturated carbocycles. The number of likely N-dealkylation sites (tertiary alicyclic amines) is 1. The lowest BCUT2D eigenvalue weighted by atomic mass is 10.1. The number of sulfonamides is 1. The van der Waals surface area contributed by atoms with E-state index < -0.39 is 10.0 Å². The number of benzene rings is 2. The lowest BCUT2D eigenvalue weighted by Crippen LogP contribution is -2.38. The molecule has 2 aromatic rings. The molecular weight excluding hydrogens is 376 g/mol. The van der Waals surface area contributed by atoms with E-state index in [9.17, 15) is 13.2 Å². The van der Waals surface area contributed by atoms with Crippen LogP contribution in [0.3, 0.4) is 0 Å². The molecule has 150 valence electrons. The van der Waals surface area contributed by atoms with Crippen molar-refractivity contribution in [2.75, 3.05) is 24.4 Å². The summed E-state index contributed by atoms with van der Waals surface area (Å²) in [4.78, 5) is 14.1. The molecule has 6 nitrogen and oxygen atoms in total. The summed E-state index contributed by atoms with van der Waals surface area (Å²) in [7, 11) is -3.69. The Labute approximate surface area is 166 Å². The largest absolute Gasteiger partial charge is 0.484 e. The highest BCUT2D eigenvalue weighted by Gasteiger charge is 2.18. The third-order valence-electron chi connectivity index (χ3n) is 4.68. The van der Waals surface area contributed by atoms with Gasteiger partial charge in [0.2, 0.25) is 0 Å². The van der Waals surface area contributed by atoms with Crippen LogP contribution < -0.4 is 9.46 Å². The van der Waals surface area contributed by atoms with Crippen molar-refractivity contribution >= 4 is 21.6 Å². The zero-order valence-corrected chi connectivity index (χ0v) is 17.1. The summed E-state index contributed by atoms with van der Waals surface area (Å²) in [6.07, 6.45) is 3.23. The van der Waals surface area contributed by atoms with E-state index in [0.29, 0.717) is 11.4 Å². The first kappa shape index (κ1) is 20.2. The number of anilines is 1. The van der Waals surface area contributed by atoms with Gasteiger partial charge in [0.25, 0.3) is 15.9 Å². The molecule has 1 amide bonds. The van der Waals surface area contributed by atoms with Crippen LogP contribution in [0.25, 0.3) is 0 Å². The number of carbonyl (C=O) groups excluding carboxylic acids is 1. The van der Waals surface area contributed by atoms with Crippen LogP contribution in [0.15, 0.2) is 47.4 Å². The fourth-order valence-electron chi connectivity index (χ4n) is 3.34. The predicted molar refractivity (Wildman–Crippen MR) is 109 cm³/mol. The van der Waals surface area contributed by atoms with Crippen molar-refractivity contribution in [3.05, 3.63) is 53.6 Å². The highest BCUT2D eigenvalue weighted by atomic mass is 32.2. The molecule has 2 aromatic carbocycles. The van der Waals surface area contributed by atoms with Crippen molar-refractivity contribution in [3.63, 3.8) is 0 Å². The van der Waals surface area contributed by atoms with Gasteiger partial charge in [-0.15, -0.1) is 0 Å². The maximum absolute atomic E-state index is 12.6. The van der Waals surface area contributed by atoms with Gasteiger partial charge in [0.1, 0.15) is 5.75 Å². The third kappa shape index (κ3) is 5.25. The molecule has 0 spiro atoms. The van der Waals surface area contributed by atoms with E-state index in [-0.39, 0.29) is 17.4 Å². The quantitative estimate of drug-likeness (QED) is 0.802. The molecule has 0 radical (unpaired) electrons. The first-order valence-corrected chi connectivity index (χ1v) is 10.9. The van der Waals surface area contributed by atoms with Crippen LogP contribution in [0.1, 0.15) is 30.4 Å². The van der Waals surface area contributed by atoms with Gasteiger partial charge < -0.3 is 9.64 Å². The van der Waals surface area contributed by atoms with Gasteiger partial charge in [-0.1, -0.05) is 6.07 Å². The molecule has 1 saturated heterocycles. The Morgan fingerprint density at radius 2 is 1.61 bits per heavy atom. The van der Waals surface area contributed by atoms with Gasteiger partial charge >= 0.3 is 0 Å². The van der Waals surface area contributed by atoms with Crippen LogP contribution in [0, 0.1) is 13.8 Å². The topological polar surface area (TPSA) is 75.7 Å². The van der Waals surface area contributed by atoms with Crippen molar-refractivity contribution in [1.82, 2.24) is 4.90 Å². The van der Waals surface area contributed by atoms with Crippen LogP contribution in [0.4, 0.5) is 5.69 Å². The molecule has 0 bridgehead atoms. The highest BCUT2D eigenvalue weighted by Crippen LogP contribution is 2.21. The summed E-state index contributed by atoms with van der Waals surface area (Å²) in [6.45, 7) is 5.37. The Morgan fingerprint density at radius 3 is 2.21 bits per heavy atom. The van der Waals surface area contributed by atoms with Gasteiger partial charge in [-0.05, 0) is 80.6 Å². The standard InChI is InChI=1S/C21H26N2O4S/c1-16-12-17(2)14-18(13-16)22-28(25,26)20-8-6-19(7-9-20)27-15-21(24)23-10-4-3-5-11-23/h6-9,12-14,22H,3-5,10-11,15H2,1-2H3. The number of ether oxygens (including phenoxy) is 1. The van der Waals surface area contributed by atoms with Crippen LogP contribution in [-0.2, 0) is 14.8 Å². The molecule has 0 aromatic heterocycles. The Bertz CT molecular complexity index is 913. The van der Waals surface area contributed by atoms with Crippen molar-refractivity contribution in [1.29, 1.82) is 0 Å². The van der Waals surface area contributed by atoms with Crippen molar-refractivity contribution < 1.29 is 17.9 Å². The summed E-state index contributed by atoms with van der Waals surface area (Å²) in [5.41, 5.74) is 2.50. The van der Waals surface area contributed by atoms with Crippen molar-refractivity contribution in [2.24, 2.45) is 0 Å². The minimum atomic E-state index is -3.69. The first-order chi connectivity index (χ1) is 13.3. The number of hydrogen-bond donors (Lipinski definition) is 1. The minimum Gasteiger partial charge on any atom is -0.484 e. The molecule has 0 atom stereocenters. The van der Waals surface area contributed by atoms with Gasteiger partial charge in [-0.3, -0.25) is 9.52 Å². The van der Waals surface area contributed by atoms with E-state index in [1.165, 1.54) is 12.1 Å². The smallest absolute Gasteiger partial charge is 0.261 e. The van der Waals surface area contributed by atoms with Gasteiger partial charge in [-0.2, -0.15) is 0 Å². The first-order valence-electron chi connectivity index (χ1n) is 9.45. The molecule has 0 aliphatic carbocycles. The number of nitrogens with one attached hydrogen (secondary N) is 1. The second-order valence-corrected chi connectivity index (χ2v) is 8.87. The van der Waals surface area contributed by atoms with E-state index in [1.807, 2.05) is 24.8 Å². The van der Waals surface area contributed by atoms with Gasteiger partial charge in [0, 0.05) is 18.8 Å². The zero-order chi connectivity index (χ0) is 20.1. The van der Waals surface area contributed by atoms with Crippen LogP contribution >= 0.6 is 0 Å². The second-order valence-electron chi connectivity index (χ2n) is 7.18. The fourth-order valence-corrected chi connectivity index (χ4v) is 4.38. The van der Waals surface area contributed by atoms with Crippen molar-refractivity contribution in [3.8, 4) is 5.75 Å². The van der Waals surface area contributed by atoms with Gasteiger partial charge in [-0.25, -0.2) is 8.42 Å². The number of amides is 1. The number of carbonyl (C=O) groups is 1. The van der Waals surface area contributed by atoms with Crippen LogP contribution in [0.5, 0.6) is 5.75 Å². The Morgan fingerprint density at radius 1 is 1.00 bits per heavy atom. The maximum atomic E-state index is 12.6.